The zero-order valence-corrected chi connectivity index (χ0v) is 16.8. The average Bonchev–Trinajstić information content (AvgIpc) is 2.72. The van der Waals surface area contributed by atoms with Crippen LogP contribution in [0.1, 0.15) is 25.3 Å². The van der Waals surface area contributed by atoms with Crippen molar-refractivity contribution in [1.29, 1.82) is 0 Å². The van der Waals surface area contributed by atoms with Crippen LogP contribution in [0.4, 0.5) is 0 Å². The lowest BCUT2D eigenvalue weighted by molar-refractivity contribution is -0.125. The number of phenolic OH excluding ortho intramolecular Hbond substituents is 1. The van der Waals surface area contributed by atoms with Gasteiger partial charge in [0.15, 0.2) is 11.9 Å². The molecule has 4 atom stereocenters. The topological polar surface area (TPSA) is 127 Å². The smallest absolute Gasteiger partial charge is 0.237 e. The molecule has 7 heteroatoms. The van der Waals surface area contributed by atoms with E-state index in [0.717, 1.165) is 12.0 Å². The highest BCUT2D eigenvalue weighted by Crippen LogP contribution is 2.19. The van der Waals surface area contributed by atoms with E-state index in [1.54, 1.807) is 31.2 Å². The summed E-state index contributed by atoms with van der Waals surface area (Å²) in [5.41, 5.74) is 6.23. The lowest BCUT2D eigenvalue weighted by Gasteiger charge is -2.26. The van der Waals surface area contributed by atoms with Crippen LogP contribution in [0, 0.1) is 5.92 Å². The molecule has 0 saturated heterocycles. The van der Waals surface area contributed by atoms with Crippen molar-refractivity contribution in [3.8, 4) is 5.75 Å². The van der Waals surface area contributed by atoms with Gasteiger partial charge in [0, 0.05) is 6.92 Å². The molecule has 29 heavy (non-hydrogen) atoms. The Kier molecular flexibility index (Phi) is 9.05. The van der Waals surface area contributed by atoms with Crippen molar-refractivity contribution in [2.45, 2.75) is 44.4 Å². The SMILES string of the molecule is CC([OH2+])C(CC1C=CC=CC1)NC(=O)[C@H](Cc1ccc(O)cc1)NCC(=O)CN. The second-order valence-electron chi connectivity index (χ2n) is 7.50. The Labute approximate surface area is 171 Å². The van der Waals surface area contributed by atoms with Gasteiger partial charge >= 0.3 is 0 Å². The molecule has 1 amide bonds. The summed E-state index contributed by atoms with van der Waals surface area (Å²) in [6.07, 6.45) is 9.67. The monoisotopic (exact) mass is 402 g/mol. The molecular weight excluding hydrogens is 370 g/mol. The van der Waals surface area contributed by atoms with E-state index < -0.39 is 12.1 Å². The number of phenols is 1. The van der Waals surface area contributed by atoms with E-state index >= 15 is 0 Å². The maximum atomic E-state index is 13.0. The predicted octanol–water partition coefficient (Wildman–Crippen LogP) is 0.541. The van der Waals surface area contributed by atoms with Gasteiger partial charge in [0.05, 0.1) is 19.1 Å². The van der Waals surface area contributed by atoms with Gasteiger partial charge in [-0.25, -0.2) is 0 Å². The summed E-state index contributed by atoms with van der Waals surface area (Å²) in [5.74, 6) is 0.0134. The maximum absolute atomic E-state index is 13.0. The van der Waals surface area contributed by atoms with Crippen LogP contribution in [0.5, 0.6) is 5.75 Å². The van der Waals surface area contributed by atoms with Crippen molar-refractivity contribution in [1.82, 2.24) is 10.6 Å². The fraction of sp³-hybridized carbons (Fsp3) is 0.455. The number of nitrogens with one attached hydrogen (secondary N) is 2. The van der Waals surface area contributed by atoms with E-state index in [1.807, 2.05) is 12.2 Å². The summed E-state index contributed by atoms with van der Waals surface area (Å²) in [7, 11) is 0. The third kappa shape index (κ3) is 7.81. The van der Waals surface area contributed by atoms with Crippen LogP contribution < -0.4 is 16.4 Å². The Bertz CT molecular complexity index is 728. The summed E-state index contributed by atoms with van der Waals surface area (Å²) in [6, 6.07) is 5.67. The third-order valence-electron chi connectivity index (χ3n) is 5.02. The molecule has 0 heterocycles. The summed E-state index contributed by atoms with van der Waals surface area (Å²) in [4.78, 5) is 24.6. The van der Waals surface area contributed by atoms with Gasteiger partial charge in [-0.2, -0.15) is 0 Å². The van der Waals surface area contributed by atoms with Gasteiger partial charge in [0.25, 0.3) is 0 Å². The predicted molar refractivity (Wildman–Crippen MR) is 114 cm³/mol. The number of Topliss-reactive ketones (excluding diaryl/α,β-unsaturated/α-hetero) is 1. The number of rotatable bonds is 11. The highest BCUT2D eigenvalue weighted by molar-refractivity contribution is 5.85. The largest absolute Gasteiger partial charge is 0.508 e. The van der Waals surface area contributed by atoms with Gasteiger partial charge in [0.2, 0.25) is 5.91 Å². The van der Waals surface area contributed by atoms with Gasteiger partial charge in [-0.05, 0) is 42.9 Å². The maximum Gasteiger partial charge on any atom is 0.237 e. The van der Waals surface area contributed by atoms with Gasteiger partial charge in [-0.15, -0.1) is 0 Å². The zero-order valence-electron chi connectivity index (χ0n) is 16.8. The highest BCUT2D eigenvalue weighted by atomic mass is 16.3. The molecule has 1 aliphatic rings. The molecule has 0 aromatic heterocycles. The van der Waals surface area contributed by atoms with Gasteiger partial charge in [-0.1, -0.05) is 36.4 Å². The normalized spacial score (nSPS) is 18.8. The first-order valence-electron chi connectivity index (χ1n) is 9.97. The van der Waals surface area contributed by atoms with Crippen LogP contribution in [0.15, 0.2) is 48.6 Å². The van der Waals surface area contributed by atoms with E-state index in [2.05, 4.69) is 22.8 Å². The molecule has 1 aliphatic carbocycles. The van der Waals surface area contributed by atoms with Gasteiger partial charge in [0.1, 0.15) is 11.8 Å². The number of hydrogen-bond donors (Lipinski definition) is 4. The van der Waals surface area contributed by atoms with Crippen molar-refractivity contribution in [2.75, 3.05) is 13.1 Å². The molecule has 7 nitrogen and oxygen atoms in total. The molecule has 0 radical (unpaired) electrons. The molecule has 158 valence electrons. The summed E-state index contributed by atoms with van der Waals surface area (Å²) in [5, 5.41) is 23.6. The van der Waals surface area contributed by atoms with E-state index in [0.29, 0.717) is 18.8 Å². The van der Waals surface area contributed by atoms with Crippen LogP contribution in [0.3, 0.4) is 0 Å². The Morgan fingerprint density at radius 2 is 2.00 bits per heavy atom. The van der Waals surface area contributed by atoms with Crippen molar-refractivity contribution in [2.24, 2.45) is 11.7 Å². The van der Waals surface area contributed by atoms with E-state index in [-0.39, 0.29) is 36.6 Å². The van der Waals surface area contributed by atoms with Crippen molar-refractivity contribution in [3.63, 3.8) is 0 Å². The number of ketones is 1. The molecule has 0 saturated carbocycles. The number of aromatic hydroxyl groups is 1. The number of allylic oxidation sites excluding steroid dienone is 4. The number of nitrogens with two attached hydrogens (primary N) is 1. The van der Waals surface area contributed by atoms with Crippen LogP contribution in [-0.2, 0) is 16.0 Å². The summed E-state index contributed by atoms with van der Waals surface area (Å²) in [6.45, 7) is 1.69. The molecular formula is C22H32N3O4+. The minimum Gasteiger partial charge on any atom is -0.508 e. The molecule has 0 fully saturated rings. The first kappa shape index (κ1) is 22.8. The quantitative estimate of drug-likeness (QED) is 0.402. The van der Waals surface area contributed by atoms with Crippen molar-refractivity contribution in [3.05, 3.63) is 54.1 Å². The second kappa shape index (κ2) is 11.5. The molecule has 0 bridgehead atoms. The molecule has 0 spiro atoms. The van der Waals surface area contributed by atoms with E-state index in [9.17, 15) is 14.7 Å². The number of carbonyl (C=O) groups excluding carboxylic acids is 2. The number of hydrogen-bond acceptors (Lipinski definition) is 5. The lowest BCUT2D eigenvalue weighted by atomic mass is 9.91. The van der Waals surface area contributed by atoms with Crippen molar-refractivity contribution >= 4 is 11.7 Å². The van der Waals surface area contributed by atoms with Crippen molar-refractivity contribution < 1.29 is 19.8 Å². The van der Waals surface area contributed by atoms with Crippen LogP contribution in [0.2, 0.25) is 0 Å². The average molecular weight is 403 g/mol. The Morgan fingerprint density at radius 3 is 2.59 bits per heavy atom. The second-order valence-corrected chi connectivity index (χ2v) is 7.50. The fourth-order valence-corrected chi connectivity index (χ4v) is 3.24. The Balaban J connectivity index is 2.06. The summed E-state index contributed by atoms with van der Waals surface area (Å²) >= 11 is 0. The minimum absolute atomic E-state index is 0.00389. The molecule has 2 rings (SSSR count). The molecule has 7 N–H and O–H groups in total. The van der Waals surface area contributed by atoms with E-state index in [1.165, 1.54) is 0 Å². The molecule has 1 aromatic carbocycles. The highest BCUT2D eigenvalue weighted by Gasteiger charge is 2.28. The number of amides is 1. The van der Waals surface area contributed by atoms with Crippen LogP contribution in [-0.4, -0.2) is 53.2 Å². The third-order valence-corrected chi connectivity index (χ3v) is 5.02. The van der Waals surface area contributed by atoms with Crippen LogP contribution >= 0.6 is 0 Å². The first-order valence-corrected chi connectivity index (χ1v) is 9.97. The Morgan fingerprint density at radius 1 is 1.28 bits per heavy atom. The number of carbonyl (C=O) groups is 2. The van der Waals surface area contributed by atoms with Crippen LogP contribution in [0.25, 0.3) is 0 Å². The summed E-state index contributed by atoms with van der Waals surface area (Å²) < 4.78 is 0. The Hall–Kier alpha value is -2.48. The molecule has 1 aromatic rings. The molecule has 0 aliphatic heterocycles. The zero-order chi connectivity index (χ0) is 21.2. The standard InChI is InChI=1S/C22H31N3O4/c1-15(26)20(11-16-5-3-2-4-6-16)25-22(29)21(24-14-19(28)13-23)12-17-7-9-18(27)10-8-17/h2-5,7-10,15-16,20-21,24,26-27H,6,11-14,23H2,1H3,(H,25,29)/p+1/t15?,16?,20?,21-/m0/s1. The number of benzene rings is 1. The fourth-order valence-electron chi connectivity index (χ4n) is 3.24. The lowest BCUT2D eigenvalue weighted by Crippen LogP contribution is -2.53. The van der Waals surface area contributed by atoms with E-state index in [4.69, 9.17) is 10.8 Å². The first-order chi connectivity index (χ1) is 13.9. The van der Waals surface area contributed by atoms with Gasteiger partial charge < -0.3 is 21.3 Å². The minimum atomic E-state index is -0.641. The molecule has 3 unspecified atom stereocenters. The van der Waals surface area contributed by atoms with Gasteiger partial charge in [-0.3, -0.25) is 14.9 Å².